The van der Waals surface area contributed by atoms with Gasteiger partial charge in [0.05, 0.1) is 19.2 Å². The molecule has 1 aromatic carbocycles. The Bertz CT molecular complexity index is 423. The van der Waals surface area contributed by atoms with Crippen LogP contribution in [0.15, 0.2) is 23.2 Å². The van der Waals surface area contributed by atoms with Crippen LogP contribution in [0, 0.1) is 0 Å². The van der Waals surface area contributed by atoms with Gasteiger partial charge in [0, 0.05) is 0 Å². The standard InChI is InChI=1S/C10H8F3NO2/c1-16-9-4-7(5-14-6-15)2-3-8(9)10(11,12)13/h2-4H,5H2,1H3. The van der Waals surface area contributed by atoms with Crippen molar-refractivity contribution in [3.63, 3.8) is 0 Å². The molecular weight excluding hydrogens is 223 g/mol. The Hall–Kier alpha value is -1.81. The topological polar surface area (TPSA) is 38.7 Å². The SMILES string of the molecule is COc1cc(CN=C=O)ccc1C(F)(F)F. The highest BCUT2D eigenvalue weighted by Crippen LogP contribution is 2.36. The molecule has 0 aliphatic carbocycles. The molecule has 0 amide bonds. The molecule has 0 heterocycles. The van der Waals surface area contributed by atoms with E-state index < -0.39 is 11.7 Å². The van der Waals surface area contributed by atoms with Gasteiger partial charge < -0.3 is 4.74 Å². The van der Waals surface area contributed by atoms with Gasteiger partial charge in [0.2, 0.25) is 6.08 Å². The van der Waals surface area contributed by atoms with Crippen LogP contribution in [0.1, 0.15) is 11.1 Å². The lowest BCUT2D eigenvalue weighted by Crippen LogP contribution is -2.07. The Kier molecular flexibility index (Phi) is 3.68. The quantitative estimate of drug-likeness (QED) is 0.592. The van der Waals surface area contributed by atoms with Crippen LogP contribution in [0.4, 0.5) is 13.2 Å². The van der Waals surface area contributed by atoms with Crippen LogP contribution in [0.2, 0.25) is 0 Å². The van der Waals surface area contributed by atoms with Gasteiger partial charge >= 0.3 is 6.18 Å². The molecular formula is C10H8F3NO2. The van der Waals surface area contributed by atoms with E-state index >= 15 is 0 Å². The number of nitrogens with zero attached hydrogens (tertiary/aromatic N) is 1. The van der Waals surface area contributed by atoms with E-state index in [-0.39, 0.29) is 12.3 Å². The predicted molar refractivity (Wildman–Crippen MR) is 49.8 cm³/mol. The van der Waals surface area contributed by atoms with Crippen LogP contribution in [0.25, 0.3) is 0 Å². The van der Waals surface area contributed by atoms with E-state index in [4.69, 9.17) is 0 Å². The summed E-state index contributed by atoms with van der Waals surface area (Å²) in [5, 5.41) is 0. The van der Waals surface area contributed by atoms with E-state index in [1.165, 1.54) is 18.2 Å². The average Bonchev–Trinajstić information content (AvgIpc) is 2.24. The molecule has 0 bridgehead atoms. The lowest BCUT2D eigenvalue weighted by molar-refractivity contribution is -0.138. The zero-order valence-electron chi connectivity index (χ0n) is 8.34. The third-order valence-electron chi connectivity index (χ3n) is 1.90. The highest BCUT2D eigenvalue weighted by atomic mass is 19.4. The van der Waals surface area contributed by atoms with Crippen molar-refractivity contribution in [3.05, 3.63) is 29.3 Å². The van der Waals surface area contributed by atoms with Gasteiger partial charge in [-0.15, -0.1) is 0 Å². The number of hydrogen-bond donors (Lipinski definition) is 0. The zero-order chi connectivity index (χ0) is 12.2. The number of alkyl halides is 3. The number of isocyanates is 1. The molecule has 0 aliphatic rings. The Morgan fingerprint density at radius 3 is 2.62 bits per heavy atom. The van der Waals surface area contributed by atoms with Gasteiger partial charge in [0.15, 0.2) is 0 Å². The van der Waals surface area contributed by atoms with Crippen molar-refractivity contribution in [1.29, 1.82) is 0 Å². The lowest BCUT2D eigenvalue weighted by atomic mass is 10.1. The van der Waals surface area contributed by atoms with Crippen LogP contribution in [-0.4, -0.2) is 13.2 Å². The molecule has 6 heteroatoms. The van der Waals surface area contributed by atoms with Gasteiger partial charge in [-0.1, -0.05) is 6.07 Å². The second-order valence-corrected chi connectivity index (χ2v) is 2.94. The van der Waals surface area contributed by atoms with Crippen LogP contribution in [0.3, 0.4) is 0 Å². The van der Waals surface area contributed by atoms with Crippen molar-refractivity contribution in [2.75, 3.05) is 7.11 Å². The first-order chi connectivity index (χ1) is 7.49. The fraction of sp³-hybridized carbons (Fsp3) is 0.300. The maximum atomic E-state index is 12.5. The van der Waals surface area contributed by atoms with Gasteiger partial charge in [0.25, 0.3) is 0 Å². The predicted octanol–water partition coefficient (Wildman–Crippen LogP) is 2.55. The summed E-state index contributed by atoms with van der Waals surface area (Å²) in [6.45, 7) is -0.0159. The molecule has 0 aromatic heterocycles. The fourth-order valence-corrected chi connectivity index (χ4v) is 1.19. The molecule has 0 atom stereocenters. The maximum absolute atomic E-state index is 12.5. The molecule has 0 saturated heterocycles. The minimum atomic E-state index is -4.46. The normalized spacial score (nSPS) is 10.8. The summed E-state index contributed by atoms with van der Waals surface area (Å²) in [4.78, 5) is 13.1. The Labute approximate surface area is 89.6 Å². The van der Waals surface area contributed by atoms with Crippen LogP contribution < -0.4 is 4.74 Å². The molecule has 0 N–H and O–H groups in total. The van der Waals surface area contributed by atoms with Crippen molar-refractivity contribution < 1.29 is 22.7 Å². The number of hydrogen-bond acceptors (Lipinski definition) is 3. The molecule has 1 rings (SSSR count). The first-order valence-electron chi connectivity index (χ1n) is 4.26. The maximum Gasteiger partial charge on any atom is 0.419 e. The van der Waals surface area contributed by atoms with E-state index in [2.05, 4.69) is 9.73 Å². The van der Waals surface area contributed by atoms with Crippen LogP contribution in [0.5, 0.6) is 5.75 Å². The van der Waals surface area contributed by atoms with Crippen LogP contribution >= 0.6 is 0 Å². The van der Waals surface area contributed by atoms with Crippen LogP contribution in [-0.2, 0) is 17.5 Å². The largest absolute Gasteiger partial charge is 0.496 e. The van der Waals surface area contributed by atoms with Gasteiger partial charge in [-0.05, 0) is 17.7 Å². The number of aliphatic imine (C=N–C) groups is 1. The average molecular weight is 231 g/mol. The van der Waals surface area contributed by atoms with Crippen molar-refractivity contribution in [3.8, 4) is 5.75 Å². The molecule has 1 aromatic rings. The Balaban J connectivity index is 3.11. The minimum Gasteiger partial charge on any atom is -0.496 e. The molecule has 16 heavy (non-hydrogen) atoms. The first kappa shape index (κ1) is 12.3. The van der Waals surface area contributed by atoms with Gasteiger partial charge in [-0.2, -0.15) is 13.2 Å². The highest BCUT2D eigenvalue weighted by molar-refractivity contribution is 5.40. The number of carbonyl (C=O) groups excluding carboxylic acids is 1. The van der Waals surface area contributed by atoms with Crippen molar-refractivity contribution in [1.82, 2.24) is 0 Å². The minimum absolute atomic E-state index is 0.0159. The number of benzene rings is 1. The number of methoxy groups -OCH3 is 1. The van der Waals surface area contributed by atoms with Crippen molar-refractivity contribution in [2.45, 2.75) is 12.7 Å². The van der Waals surface area contributed by atoms with E-state index in [0.717, 1.165) is 13.2 Å². The van der Waals surface area contributed by atoms with Crippen molar-refractivity contribution in [2.24, 2.45) is 4.99 Å². The summed E-state index contributed by atoms with van der Waals surface area (Å²) in [6, 6.07) is 3.34. The first-order valence-corrected chi connectivity index (χ1v) is 4.26. The molecule has 0 unspecified atom stereocenters. The third kappa shape index (κ3) is 2.84. The van der Waals surface area contributed by atoms with Gasteiger partial charge in [-0.3, -0.25) is 0 Å². The molecule has 0 saturated carbocycles. The Morgan fingerprint density at radius 1 is 1.44 bits per heavy atom. The summed E-state index contributed by atoms with van der Waals surface area (Å²) < 4.78 is 42.0. The third-order valence-corrected chi connectivity index (χ3v) is 1.90. The molecule has 0 aliphatic heterocycles. The second kappa shape index (κ2) is 4.81. The molecule has 3 nitrogen and oxygen atoms in total. The lowest BCUT2D eigenvalue weighted by Gasteiger charge is -2.12. The molecule has 0 radical (unpaired) electrons. The molecule has 0 spiro atoms. The fourth-order valence-electron chi connectivity index (χ4n) is 1.19. The van der Waals surface area contributed by atoms with E-state index in [1.54, 1.807) is 0 Å². The summed E-state index contributed by atoms with van der Waals surface area (Å²) in [5.74, 6) is -0.286. The van der Waals surface area contributed by atoms with Crippen molar-refractivity contribution >= 4 is 6.08 Å². The monoisotopic (exact) mass is 231 g/mol. The summed E-state index contributed by atoms with van der Waals surface area (Å²) >= 11 is 0. The molecule has 0 fully saturated rings. The highest BCUT2D eigenvalue weighted by Gasteiger charge is 2.34. The summed E-state index contributed by atoms with van der Waals surface area (Å²) in [7, 11) is 1.15. The van der Waals surface area contributed by atoms with E-state index in [9.17, 15) is 18.0 Å². The summed E-state index contributed by atoms with van der Waals surface area (Å²) in [5.41, 5.74) is -0.401. The summed E-state index contributed by atoms with van der Waals surface area (Å²) in [6.07, 6.45) is -3.15. The molecule has 86 valence electrons. The van der Waals surface area contributed by atoms with E-state index in [0.29, 0.717) is 5.56 Å². The number of ether oxygens (including phenoxy) is 1. The smallest absolute Gasteiger partial charge is 0.419 e. The van der Waals surface area contributed by atoms with Gasteiger partial charge in [0.1, 0.15) is 5.75 Å². The Morgan fingerprint density at radius 2 is 2.12 bits per heavy atom. The number of rotatable bonds is 3. The van der Waals surface area contributed by atoms with Gasteiger partial charge in [-0.25, -0.2) is 9.79 Å². The zero-order valence-corrected chi connectivity index (χ0v) is 8.34. The second-order valence-electron chi connectivity index (χ2n) is 2.94. The number of halogens is 3. The van der Waals surface area contributed by atoms with E-state index in [1.807, 2.05) is 0 Å².